The zero-order valence-electron chi connectivity index (χ0n) is 7.43. The van der Waals surface area contributed by atoms with Crippen LogP contribution in [0.3, 0.4) is 0 Å². The molecule has 13 heavy (non-hydrogen) atoms. The van der Waals surface area contributed by atoms with Crippen LogP contribution in [0.5, 0.6) is 5.75 Å². The molecule has 0 spiro atoms. The van der Waals surface area contributed by atoms with E-state index in [1.54, 1.807) is 0 Å². The minimum atomic E-state index is -0.158. The van der Waals surface area contributed by atoms with Crippen molar-refractivity contribution in [2.24, 2.45) is 0 Å². The van der Waals surface area contributed by atoms with Gasteiger partial charge in [0.15, 0.2) is 0 Å². The molecule has 1 heterocycles. The molecule has 3 heteroatoms. The van der Waals surface area contributed by atoms with Gasteiger partial charge < -0.3 is 14.4 Å². The van der Waals surface area contributed by atoms with E-state index in [2.05, 4.69) is 0 Å². The summed E-state index contributed by atoms with van der Waals surface area (Å²) in [5.41, 5.74) is 0.978. The third kappa shape index (κ3) is 1.26. The van der Waals surface area contributed by atoms with Crippen molar-refractivity contribution in [1.29, 1.82) is 0 Å². The second kappa shape index (κ2) is 3.09. The van der Waals surface area contributed by atoms with E-state index < -0.39 is 0 Å². The maximum absolute atomic E-state index is 10.7. The standard InChI is InChI=1S/C10H11NO2/c1-11-8(6-12)7-13-10-5-3-2-4-9(10)11/h2-6,8H,7H2,1H3. The van der Waals surface area contributed by atoms with Crippen LogP contribution in [0, 0.1) is 0 Å². The van der Waals surface area contributed by atoms with Crippen molar-refractivity contribution < 1.29 is 9.53 Å². The Morgan fingerprint density at radius 3 is 3.08 bits per heavy atom. The molecule has 0 aliphatic carbocycles. The molecular formula is C10H11NO2. The maximum Gasteiger partial charge on any atom is 0.145 e. The molecule has 1 aliphatic heterocycles. The van der Waals surface area contributed by atoms with Gasteiger partial charge in [-0.05, 0) is 12.1 Å². The summed E-state index contributed by atoms with van der Waals surface area (Å²) in [6.45, 7) is 0.441. The molecule has 0 aromatic heterocycles. The van der Waals surface area contributed by atoms with Crippen molar-refractivity contribution in [1.82, 2.24) is 0 Å². The summed E-state index contributed by atoms with van der Waals surface area (Å²) in [5, 5.41) is 0. The van der Waals surface area contributed by atoms with Crippen LogP contribution >= 0.6 is 0 Å². The number of hydrogen-bond donors (Lipinski definition) is 0. The maximum atomic E-state index is 10.7. The van der Waals surface area contributed by atoms with E-state index in [9.17, 15) is 4.79 Å². The Bertz CT molecular complexity index is 324. The van der Waals surface area contributed by atoms with E-state index in [0.29, 0.717) is 6.61 Å². The van der Waals surface area contributed by atoms with Crippen LogP contribution in [0.4, 0.5) is 5.69 Å². The smallest absolute Gasteiger partial charge is 0.145 e. The molecule has 1 aromatic carbocycles. The summed E-state index contributed by atoms with van der Waals surface area (Å²) >= 11 is 0. The highest BCUT2D eigenvalue weighted by molar-refractivity contribution is 5.71. The van der Waals surface area contributed by atoms with Crippen molar-refractivity contribution >= 4 is 12.0 Å². The van der Waals surface area contributed by atoms with Gasteiger partial charge in [0.2, 0.25) is 0 Å². The van der Waals surface area contributed by atoms with Crippen molar-refractivity contribution in [3.8, 4) is 5.75 Å². The van der Waals surface area contributed by atoms with Gasteiger partial charge in [-0.1, -0.05) is 12.1 Å². The van der Waals surface area contributed by atoms with E-state index >= 15 is 0 Å². The monoisotopic (exact) mass is 177 g/mol. The van der Waals surface area contributed by atoms with Crippen LogP contribution in [0.25, 0.3) is 0 Å². The molecule has 1 atom stereocenters. The molecule has 1 aromatic rings. The van der Waals surface area contributed by atoms with Gasteiger partial charge in [-0.2, -0.15) is 0 Å². The van der Waals surface area contributed by atoms with Gasteiger partial charge in [-0.15, -0.1) is 0 Å². The molecule has 68 valence electrons. The Hall–Kier alpha value is -1.51. The van der Waals surface area contributed by atoms with E-state index in [1.165, 1.54) is 0 Å². The summed E-state index contributed by atoms with van der Waals surface area (Å²) < 4.78 is 5.42. The fraction of sp³-hybridized carbons (Fsp3) is 0.300. The number of rotatable bonds is 1. The number of nitrogens with zero attached hydrogens (tertiary/aromatic N) is 1. The minimum Gasteiger partial charge on any atom is -0.489 e. The number of fused-ring (bicyclic) bond motifs is 1. The third-order valence-electron chi connectivity index (χ3n) is 2.31. The molecule has 0 fully saturated rings. The summed E-state index contributed by atoms with van der Waals surface area (Å²) in [4.78, 5) is 12.6. The summed E-state index contributed by atoms with van der Waals surface area (Å²) in [6, 6.07) is 7.56. The molecule has 3 nitrogen and oxygen atoms in total. The highest BCUT2D eigenvalue weighted by atomic mass is 16.5. The first-order chi connectivity index (χ1) is 6.33. The molecule has 1 unspecified atom stereocenters. The topological polar surface area (TPSA) is 29.5 Å². The largest absolute Gasteiger partial charge is 0.489 e. The Labute approximate surface area is 76.9 Å². The van der Waals surface area contributed by atoms with Gasteiger partial charge in [0.25, 0.3) is 0 Å². The lowest BCUT2D eigenvalue weighted by molar-refractivity contribution is -0.109. The lowest BCUT2D eigenvalue weighted by atomic mass is 10.2. The SMILES string of the molecule is CN1c2ccccc2OCC1C=O. The highest BCUT2D eigenvalue weighted by Crippen LogP contribution is 2.31. The van der Waals surface area contributed by atoms with Crippen molar-refractivity contribution in [2.75, 3.05) is 18.6 Å². The van der Waals surface area contributed by atoms with E-state index in [0.717, 1.165) is 17.7 Å². The predicted octanol–water partition coefficient (Wildman–Crippen LogP) is 1.08. The Kier molecular flexibility index (Phi) is 1.93. The molecule has 0 saturated carbocycles. The number of hydrogen-bond acceptors (Lipinski definition) is 3. The van der Waals surface area contributed by atoms with Crippen molar-refractivity contribution in [2.45, 2.75) is 6.04 Å². The number of para-hydroxylation sites is 2. The van der Waals surface area contributed by atoms with Gasteiger partial charge in [0.1, 0.15) is 24.7 Å². The fourth-order valence-electron chi connectivity index (χ4n) is 1.47. The zero-order valence-corrected chi connectivity index (χ0v) is 7.43. The van der Waals surface area contributed by atoms with Crippen LogP contribution in [0.15, 0.2) is 24.3 Å². The lowest BCUT2D eigenvalue weighted by Gasteiger charge is -2.32. The van der Waals surface area contributed by atoms with E-state index in [4.69, 9.17) is 4.74 Å². The van der Waals surface area contributed by atoms with E-state index in [-0.39, 0.29) is 6.04 Å². The van der Waals surface area contributed by atoms with Crippen LogP contribution in [-0.4, -0.2) is 26.0 Å². The minimum absolute atomic E-state index is 0.158. The Morgan fingerprint density at radius 2 is 2.31 bits per heavy atom. The molecule has 0 radical (unpaired) electrons. The van der Waals surface area contributed by atoms with Crippen LogP contribution in [0.2, 0.25) is 0 Å². The van der Waals surface area contributed by atoms with Gasteiger partial charge >= 0.3 is 0 Å². The lowest BCUT2D eigenvalue weighted by Crippen LogP contribution is -2.41. The summed E-state index contributed by atoms with van der Waals surface area (Å²) in [6.07, 6.45) is 0.913. The molecule has 0 saturated heterocycles. The molecule has 0 bridgehead atoms. The first-order valence-electron chi connectivity index (χ1n) is 4.23. The van der Waals surface area contributed by atoms with Crippen LogP contribution in [-0.2, 0) is 4.79 Å². The van der Waals surface area contributed by atoms with Gasteiger partial charge in [-0.25, -0.2) is 0 Å². The number of aldehydes is 1. The predicted molar refractivity (Wildman–Crippen MR) is 50.2 cm³/mol. The Morgan fingerprint density at radius 1 is 1.54 bits per heavy atom. The molecular weight excluding hydrogens is 166 g/mol. The van der Waals surface area contributed by atoms with Crippen molar-refractivity contribution in [3.63, 3.8) is 0 Å². The normalized spacial score (nSPS) is 20.4. The van der Waals surface area contributed by atoms with Crippen LogP contribution < -0.4 is 9.64 Å². The molecule has 2 rings (SSSR count). The first-order valence-corrected chi connectivity index (χ1v) is 4.23. The van der Waals surface area contributed by atoms with Gasteiger partial charge in [-0.3, -0.25) is 0 Å². The fourth-order valence-corrected chi connectivity index (χ4v) is 1.47. The molecule has 0 amide bonds. The van der Waals surface area contributed by atoms with Gasteiger partial charge in [0.05, 0.1) is 5.69 Å². The molecule has 1 aliphatic rings. The number of carbonyl (C=O) groups excluding carboxylic acids is 1. The second-order valence-electron chi connectivity index (χ2n) is 3.09. The summed E-state index contributed by atoms with van der Waals surface area (Å²) in [7, 11) is 1.90. The van der Waals surface area contributed by atoms with Gasteiger partial charge in [0, 0.05) is 7.05 Å². The average molecular weight is 177 g/mol. The average Bonchev–Trinajstić information content (AvgIpc) is 2.19. The van der Waals surface area contributed by atoms with Crippen LogP contribution in [0.1, 0.15) is 0 Å². The highest BCUT2D eigenvalue weighted by Gasteiger charge is 2.23. The summed E-state index contributed by atoms with van der Waals surface area (Å²) in [5.74, 6) is 0.850. The quantitative estimate of drug-likeness (QED) is 0.601. The molecule has 0 N–H and O–H groups in total. The third-order valence-corrected chi connectivity index (χ3v) is 2.31. The van der Waals surface area contributed by atoms with Crippen molar-refractivity contribution in [3.05, 3.63) is 24.3 Å². The number of likely N-dealkylation sites (N-methyl/N-ethyl adjacent to an activating group) is 1. The Balaban J connectivity index is 2.38. The zero-order chi connectivity index (χ0) is 9.26. The number of ether oxygens (including phenoxy) is 1. The van der Waals surface area contributed by atoms with E-state index in [1.807, 2.05) is 36.2 Å². The number of benzene rings is 1. The number of carbonyl (C=O) groups is 1. The second-order valence-corrected chi connectivity index (χ2v) is 3.09. The number of anilines is 1. The first kappa shape index (κ1) is 8.10.